The largest absolute Gasteiger partial charge is 0.354 e. The fourth-order valence-corrected chi connectivity index (χ4v) is 4.19. The van der Waals surface area contributed by atoms with Gasteiger partial charge in [-0.3, -0.25) is 9.69 Å². The highest BCUT2D eigenvalue weighted by Crippen LogP contribution is 2.17. The van der Waals surface area contributed by atoms with E-state index in [1.807, 2.05) is 12.1 Å². The average molecular weight is 374 g/mol. The maximum Gasteiger partial charge on any atom is 0.252 e. The van der Waals surface area contributed by atoms with Gasteiger partial charge in [0.05, 0.1) is 5.56 Å². The van der Waals surface area contributed by atoms with Crippen molar-refractivity contribution in [3.63, 3.8) is 0 Å². The molecule has 150 valence electrons. The van der Waals surface area contributed by atoms with Crippen LogP contribution in [0.5, 0.6) is 0 Å². The van der Waals surface area contributed by atoms with Crippen LogP contribution in [-0.4, -0.2) is 79.6 Å². The van der Waals surface area contributed by atoms with Gasteiger partial charge in [0.25, 0.3) is 5.91 Å². The van der Waals surface area contributed by atoms with E-state index in [-0.39, 0.29) is 5.91 Å². The molecule has 0 spiro atoms. The number of likely N-dealkylation sites (tertiary alicyclic amines) is 1. The van der Waals surface area contributed by atoms with E-state index < -0.39 is 0 Å². The molecule has 27 heavy (non-hydrogen) atoms. The third-order valence-electron chi connectivity index (χ3n) is 5.93. The van der Waals surface area contributed by atoms with E-state index in [9.17, 15) is 4.79 Å². The molecule has 1 unspecified atom stereocenters. The topological polar surface area (TPSA) is 51.7 Å². The monoisotopic (exact) mass is 373 g/mol. The first-order valence-corrected chi connectivity index (χ1v) is 10.6. The van der Waals surface area contributed by atoms with Crippen molar-refractivity contribution >= 4 is 11.7 Å². The molecule has 6 heteroatoms. The molecule has 2 saturated heterocycles. The number of hydrogen-bond donors (Lipinski definition) is 1. The van der Waals surface area contributed by atoms with Gasteiger partial charge in [-0.1, -0.05) is 13.3 Å². The minimum Gasteiger partial charge on any atom is -0.354 e. The molecule has 0 bridgehead atoms. The van der Waals surface area contributed by atoms with Crippen molar-refractivity contribution in [1.82, 2.24) is 20.1 Å². The molecule has 1 atom stereocenters. The Hall–Kier alpha value is -1.66. The van der Waals surface area contributed by atoms with Gasteiger partial charge in [-0.2, -0.15) is 0 Å². The molecular formula is C21H35N5O. The summed E-state index contributed by atoms with van der Waals surface area (Å²) in [6.45, 7) is 9.51. The Bertz CT molecular complexity index is 583. The number of piperazine rings is 1. The Kier molecular flexibility index (Phi) is 7.47. The molecule has 1 aromatic heterocycles. The summed E-state index contributed by atoms with van der Waals surface area (Å²) in [5.41, 5.74) is 0.653. The maximum absolute atomic E-state index is 12.4. The minimum atomic E-state index is -0.0136. The number of carbonyl (C=O) groups excluding carboxylic acids is 1. The quantitative estimate of drug-likeness (QED) is 0.794. The number of pyridine rings is 1. The second-order valence-electron chi connectivity index (χ2n) is 7.91. The summed E-state index contributed by atoms with van der Waals surface area (Å²) in [4.78, 5) is 24.2. The lowest BCUT2D eigenvalue weighted by atomic mass is 10.0. The molecule has 1 amide bonds. The summed E-state index contributed by atoms with van der Waals surface area (Å²) >= 11 is 0. The molecule has 3 rings (SSSR count). The Labute approximate surface area is 163 Å². The number of rotatable bonds is 7. The van der Waals surface area contributed by atoms with Crippen LogP contribution in [0, 0.1) is 0 Å². The van der Waals surface area contributed by atoms with Crippen molar-refractivity contribution in [1.29, 1.82) is 0 Å². The Morgan fingerprint density at radius 1 is 1.19 bits per heavy atom. The van der Waals surface area contributed by atoms with Crippen LogP contribution in [0.3, 0.4) is 0 Å². The second-order valence-corrected chi connectivity index (χ2v) is 7.91. The van der Waals surface area contributed by atoms with Crippen molar-refractivity contribution in [3.05, 3.63) is 23.9 Å². The third kappa shape index (κ3) is 5.66. The first-order valence-electron chi connectivity index (χ1n) is 10.6. The van der Waals surface area contributed by atoms with Crippen LogP contribution in [0.4, 0.5) is 5.82 Å². The lowest BCUT2D eigenvalue weighted by Crippen LogP contribution is -2.46. The van der Waals surface area contributed by atoms with Gasteiger partial charge < -0.3 is 15.1 Å². The summed E-state index contributed by atoms with van der Waals surface area (Å²) in [6, 6.07) is 4.49. The van der Waals surface area contributed by atoms with E-state index in [4.69, 9.17) is 0 Å². The highest BCUT2D eigenvalue weighted by Gasteiger charge is 2.19. The van der Waals surface area contributed by atoms with Gasteiger partial charge in [0.15, 0.2) is 0 Å². The highest BCUT2D eigenvalue weighted by atomic mass is 16.1. The van der Waals surface area contributed by atoms with Gasteiger partial charge in [-0.25, -0.2) is 4.98 Å². The SMILES string of the molecule is CCCN1CCN(c2ccc(C(=O)NCCC3CCCCN3C)cn2)CC1. The molecule has 3 heterocycles. The molecule has 6 nitrogen and oxygen atoms in total. The van der Waals surface area contributed by atoms with Crippen molar-refractivity contribution < 1.29 is 4.79 Å². The predicted octanol–water partition coefficient (Wildman–Crippen LogP) is 2.22. The normalized spacial score (nSPS) is 22.0. The van der Waals surface area contributed by atoms with Gasteiger partial charge in [-0.15, -0.1) is 0 Å². The molecule has 0 radical (unpaired) electrons. The Balaban J connectivity index is 1.43. The number of hydrogen-bond acceptors (Lipinski definition) is 5. The molecule has 2 aliphatic heterocycles. The number of nitrogens with one attached hydrogen (secondary N) is 1. The van der Waals surface area contributed by atoms with Crippen molar-refractivity contribution in [2.24, 2.45) is 0 Å². The summed E-state index contributed by atoms with van der Waals surface area (Å²) in [5, 5.41) is 3.06. The fraction of sp³-hybridized carbons (Fsp3) is 0.714. The van der Waals surface area contributed by atoms with Crippen molar-refractivity contribution in [2.45, 2.75) is 45.1 Å². The Morgan fingerprint density at radius 3 is 2.67 bits per heavy atom. The summed E-state index contributed by atoms with van der Waals surface area (Å²) in [6.07, 6.45) is 7.80. The number of amides is 1. The molecule has 0 aromatic carbocycles. The number of anilines is 1. The fourth-order valence-electron chi connectivity index (χ4n) is 4.19. The number of aromatic nitrogens is 1. The highest BCUT2D eigenvalue weighted by molar-refractivity contribution is 5.94. The van der Waals surface area contributed by atoms with Gasteiger partial charge in [0.2, 0.25) is 0 Å². The molecule has 1 N–H and O–H groups in total. The van der Waals surface area contributed by atoms with Crippen molar-refractivity contribution in [2.75, 3.05) is 57.8 Å². The van der Waals surface area contributed by atoms with Crippen LogP contribution in [0.2, 0.25) is 0 Å². The number of carbonyl (C=O) groups is 1. The molecule has 0 aliphatic carbocycles. The predicted molar refractivity (Wildman–Crippen MR) is 110 cm³/mol. The van der Waals surface area contributed by atoms with Gasteiger partial charge in [0, 0.05) is 45.0 Å². The van der Waals surface area contributed by atoms with Crippen LogP contribution in [-0.2, 0) is 0 Å². The van der Waals surface area contributed by atoms with E-state index in [1.54, 1.807) is 6.20 Å². The number of piperidine rings is 1. The first-order chi connectivity index (χ1) is 13.2. The van der Waals surface area contributed by atoms with Gasteiger partial charge in [-0.05, 0) is 58.0 Å². The summed E-state index contributed by atoms with van der Waals surface area (Å²) < 4.78 is 0. The zero-order valence-corrected chi connectivity index (χ0v) is 17.0. The summed E-state index contributed by atoms with van der Waals surface area (Å²) in [7, 11) is 2.19. The average Bonchev–Trinajstić information content (AvgIpc) is 2.70. The number of nitrogens with zero attached hydrogens (tertiary/aromatic N) is 4. The van der Waals surface area contributed by atoms with E-state index >= 15 is 0 Å². The van der Waals surface area contributed by atoms with Gasteiger partial charge in [0.1, 0.15) is 5.82 Å². The lowest BCUT2D eigenvalue weighted by Gasteiger charge is -2.35. The standard InChI is InChI=1S/C21H35N5O/c1-3-11-25-13-15-26(16-14-25)20-8-7-18(17-23-20)21(27)22-10-9-19-6-4-5-12-24(19)2/h7-8,17,19H,3-6,9-16H2,1-2H3,(H,22,27). The van der Waals surface area contributed by atoms with Crippen LogP contribution >= 0.6 is 0 Å². The van der Waals surface area contributed by atoms with Crippen LogP contribution in [0.1, 0.15) is 49.4 Å². The first kappa shape index (κ1) is 20.1. The molecule has 1 aromatic rings. The zero-order valence-electron chi connectivity index (χ0n) is 17.0. The van der Waals surface area contributed by atoms with E-state index in [1.165, 1.54) is 38.8 Å². The second kappa shape index (κ2) is 10.0. The van der Waals surface area contributed by atoms with E-state index in [2.05, 4.69) is 39.0 Å². The van der Waals surface area contributed by atoms with E-state index in [0.29, 0.717) is 11.6 Å². The van der Waals surface area contributed by atoms with Crippen LogP contribution in [0.25, 0.3) is 0 Å². The Morgan fingerprint density at radius 2 is 2.00 bits per heavy atom. The lowest BCUT2D eigenvalue weighted by molar-refractivity contribution is 0.0945. The maximum atomic E-state index is 12.4. The van der Waals surface area contributed by atoms with E-state index in [0.717, 1.165) is 45.0 Å². The van der Waals surface area contributed by atoms with Crippen molar-refractivity contribution in [3.8, 4) is 0 Å². The minimum absolute atomic E-state index is 0.0136. The molecule has 2 aliphatic rings. The molecule has 0 saturated carbocycles. The third-order valence-corrected chi connectivity index (χ3v) is 5.93. The molecular weight excluding hydrogens is 338 g/mol. The molecule has 2 fully saturated rings. The smallest absolute Gasteiger partial charge is 0.252 e. The zero-order chi connectivity index (χ0) is 19.1. The van der Waals surface area contributed by atoms with Gasteiger partial charge >= 0.3 is 0 Å². The van der Waals surface area contributed by atoms with Crippen LogP contribution < -0.4 is 10.2 Å². The summed E-state index contributed by atoms with van der Waals surface area (Å²) in [5.74, 6) is 0.965. The van der Waals surface area contributed by atoms with Crippen LogP contribution in [0.15, 0.2) is 18.3 Å².